The summed E-state index contributed by atoms with van der Waals surface area (Å²) in [6, 6.07) is 5.23. The number of nitro groups is 1. The Balaban J connectivity index is 2.38. The number of nitrogens with zero attached hydrogens (tertiary/aromatic N) is 4. The number of benzene rings is 1. The van der Waals surface area contributed by atoms with Crippen LogP contribution >= 0.6 is 0 Å². The molecule has 18 heavy (non-hydrogen) atoms. The van der Waals surface area contributed by atoms with Gasteiger partial charge in [-0.15, -0.1) is 5.10 Å². The Morgan fingerprint density at radius 1 is 1.28 bits per heavy atom. The SMILES string of the molecule is O=[N+]([O-])c1ccc(-n2cnc(S(=O)(=O)O)n2)cc1. The third kappa shape index (κ3) is 2.33. The molecule has 9 nitrogen and oxygen atoms in total. The maximum Gasteiger partial charge on any atom is 0.332 e. The fourth-order valence-electron chi connectivity index (χ4n) is 1.22. The monoisotopic (exact) mass is 270 g/mol. The van der Waals surface area contributed by atoms with Crippen LogP contribution in [0.4, 0.5) is 5.69 Å². The van der Waals surface area contributed by atoms with E-state index in [1.54, 1.807) is 0 Å². The Hall–Kier alpha value is -2.33. The predicted octanol–water partition coefficient (Wildman–Crippen LogP) is 0.422. The first-order chi connectivity index (χ1) is 8.38. The second-order valence-electron chi connectivity index (χ2n) is 3.22. The molecule has 2 aromatic rings. The highest BCUT2D eigenvalue weighted by Crippen LogP contribution is 2.14. The van der Waals surface area contributed by atoms with Crippen molar-refractivity contribution in [3.8, 4) is 5.69 Å². The highest BCUT2D eigenvalue weighted by molar-refractivity contribution is 7.85. The molecule has 1 aromatic carbocycles. The van der Waals surface area contributed by atoms with Gasteiger partial charge >= 0.3 is 10.1 Å². The summed E-state index contributed by atoms with van der Waals surface area (Å²) in [5, 5.41) is 13.2. The molecule has 0 aliphatic heterocycles. The maximum absolute atomic E-state index is 10.7. The van der Waals surface area contributed by atoms with Crippen molar-refractivity contribution < 1.29 is 17.9 Å². The van der Waals surface area contributed by atoms with Gasteiger partial charge in [0.25, 0.3) is 10.8 Å². The molecule has 1 aromatic heterocycles. The molecule has 0 radical (unpaired) electrons. The van der Waals surface area contributed by atoms with Gasteiger partial charge in [0.15, 0.2) is 0 Å². The highest BCUT2D eigenvalue weighted by atomic mass is 32.2. The molecule has 0 saturated carbocycles. The Bertz CT molecular complexity index is 691. The largest absolute Gasteiger partial charge is 0.332 e. The van der Waals surface area contributed by atoms with Crippen LogP contribution in [0.25, 0.3) is 5.69 Å². The van der Waals surface area contributed by atoms with Gasteiger partial charge in [-0.05, 0) is 12.1 Å². The molecule has 0 aliphatic rings. The number of hydrogen-bond donors (Lipinski definition) is 1. The molecule has 10 heteroatoms. The summed E-state index contributed by atoms with van der Waals surface area (Å²) in [7, 11) is -4.46. The number of non-ortho nitro benzene ring substituents is 1. The summed E-state index contributed by atoms with van der Waals surface area (Å²) in [6.07, 6.45) is 1.07. The molecule has 2 rings (SSSR count). The number of nitro benzene ring substituents is 1. The van der Waals surface area contributed by atoms with E-state index in [-0.39, 0.29) is 5.69 Å². The maximum atomic E-state index is 10.7. The van der Waals surface area contributed by atoms with E-state index >= 15 is 0 Å². The van der Waals surface area contributed by atoms with Crippen molar-refractivity contribution in [3.05, 3.63) is 40.7 Å². The van der Waals surface area contributed by atoms with Crippen LogP contribution < -0.4 is 0 Å². The Morgan fingerprint density at radius 2 is 1.89 bits per heavy atom. The summed E-state index contributed by atoms with van der Waals surface area (Å²) in [6.45, 7) is 0. The first-order valence-corrected chi connectivity index (χ1v) is 5.96. The lowest BCUT2D eigenvalue weighted by Gasteiger charge is -1.98. The van der Waals surface area contributed by atoms with E-state index in [4.69, 9.17) is 4.55 Å². The molecular weight excluding hydrogens is 264 g/mol. The van der Waals surface area contributed by atoms with Gasteiger partial charge < -0.3 is 0 Å². The average molecular weight is 270 g/mol. The van der Waals surface area contributed by atoms with Crippen molar-refractivity contribution in [2.45, 2.75) is 5.16 Å². The van der Waals surface area contributed by atoms with Gasteiger partial charge in [-0.1, -0.05) is 0 Å². The topological polar surface area (TPSA) is 128 Å². The van der Waals surface area contributed by atoms with Gasteiger partial charge in [-0.25, -0.2) is 9.67 Å². The number of aromatic nitrogens is 3. The van der Waals surface area contributed by atoms with E-state index in [0.29, 0.717) is 5.69 Å². The average Bonchev–Trinajstić information content (AvgIpc) is 2.78. The quantitative estimate of drug-likeness (QED) is 0.486. The van der Waals surface area contributed by atoms with Crippen molar-refractivity contribution in [3.63, 3.8) is 0 Å². The first-order valence-electron chi connectivity index (χ1n) is 4.52. The third-order valence-corrected chi connectivity index (χ3v) is 2.68. The molecular formula is C8H6N4O5S. The summed E-state index contributed by atoms with van der Waals surface area (Å²) in [4.78, 5) is 13.3. The summed E-state index contributed by atoms with van der Waals surface area (Å²) >= 11 is 0. The highest BCUT2D eigenvalue weighted by Gasteiger charge is 2.16. The standard InChI is InChI=1S/C8H6N4O5S/c13-12(14)7-3-1-6(2-4-7)11-5-9-8(10-11)18(15,16)17/h1-5H,(H,15,16,17). The molecule has 0 aliphatic carbocycles. The molecule has 0 fully saturated rings. The zero-order valence-electron chi connectivity index (χ0n) is 8.66. The fourth-order valence-corrected chi connectivity index (χ4v) is 1.59. The molecule has 1 N–H and O–H groups in total. The van der Waals surface area contributed by atoms with Gasteiger partial charge in [-0.3, -0.25) is 14.7 Å². The molecule has 0 unspecified atom stereocenters. The molecule has 0 bridgehead atoms. The molecule has 1 heterocycles. The lowest BCUT2D eigenvalue weighted by atomic mass is 10.3. The normalized spacial score (nSPS) is 11.4. The van der Waals surface area contributed by atoms with Crippen LogP contribution in [0.2, 0.25) is 0 Å². The van der Waals surface area contributed by atoms with Crippen LogP contribution in [0, 0.1) is 10.1 Å². The summed E-state index contributed by atoms with van der Waals surface area (Å²) in [5.74, 6) is 0. The lowest BCUT2D eigenvalue weighted by Crippen LogP contribution is -2.02. The first kappa shape index (κ1) is 12.1. The minimum absolute atomic E-state index is 0.103. The van der Waals surface area contributed by atoms with Crippen molar-refractivity contribution in [1.29, 1.82) is 0 Å². The van der Waals surface area contributed by atoms with Crippen LogP contribution in [0.15, 0.2) is 35.7 Å². The zero-order valence-corrected chi connectivity index (χ0v) is 9.48. The van der Waals surface area contributed by atoms with Crippen molar-refractivity contribution in [2.24, 2.45) is 0 Å². The van der Waals surface area contributed by atoms with Crippen LogP contribution in [0.5, 0.6) is 0 Å². The lowest BCUT2D eigenvalue weighted by molar-refractivity contribution is -0.384. The molecule has 0 saturated heterocycles. The second-order valence-corrected chi connectivity index (χ2v) is 4.54. The Morgan fingerprint density at radius 3 is 2.33 bits per heavy atom. The predicted molar refractivity (Wildman–Crippen MR) is 57.8 cm³/mol. The van der Waals surface area contributed by atoms with Crippen LogP contribution in [-0.2, 0) is 10.1 Å². The van der Waals surface area contributed by atoms with E-state index in [2.05, 4.69) is 10.1 Å². The van der Waals surface area contributed by atoms with Crippen molar-refractivity contribution in [2.75, 3.05) is 0 Å². The van der Waals surface area contributed by atoms with E-state index in [1.165, 1.54) is 24.3 Å². The van der Waals surface area contributed by atoms with Gasteiger partial charge in [0.05, 0.1) is 10.6 Å². The molecule has 0 amide bonds. The van der Waals surface area contributed by atoms with E-state index in [1.807, 2.05) is 0 Å². The van der Waals surface area contributed by atoms with Gasteiger partial charge in [-0.2, -0.15) is 8.42 Å². The fraction of sp³-hybridized carbons (Fsp3) is 0. The summed E-state index contributed by atoms with van der Waals surface area (Å²) in [5.41, 5.74) is 0.275. The molecule has 0 atom stereocenters. The molecule has 94 valence electrons. The van der Waals surface area contributed by atoms with E-state index in [9.17, 15) is 18.5 Å². The zero-order chi connectivity index (χ0) is 13.3. The van der Waals surface area contributed by atoms with Crippen molar-refractivity contribution in [1.82, 2.24) is 14.8 Å². The minimum Gasteiger partial charge on any atom is -0.279 e. The Kier molecular flexibility index (Phi) is 2.80. The smallest absolute Gasteiger partial charge is 0.279 e. The van der Waals surface area contributed by atoms with Crippen LogP contribution in [-0.4, -0.2) is 32.7 Å². The van der Waals surface area contributed by atoms with Gasteiger partial charge in [0, 0.05) is 12.1 Å². The minimum atomic E-state index is -4.46. The third-order valence-electron chi connectivity index (χ3n) is 2.03. The van der Waals surface area contributed by atoms with Crippen LogP contribution in [0.1, 0.15) is 0 Å². The van der Waals surface area contributed by atoms with E-state index in [0.717, 1.165) is 11.0 Å². The van der Waals surface area contributed by atoms with Gasteiger partial charge in [0.1, 0.15) is 6.33 Å². The van der Waals surface area contributed by atoms with E-state index < -0.39 is 20.2 Å². The molecule has 0 spiro atoms. The Labute approximate surface area is 101 Å². The number of hydrogen-bond acceptors (Lipinski definition) is 6. The summed E-state index contributed by atoms with van der Waals surface area (Å²) < 4.78 is 31.3. The van der Waals surface area contributed by atoms with Gasteiger partial charge in [0.2, 0.25) is 0 Å². The number of rotatable bonds is 3. The second kappa shape index (κ2) is 4.16. The van der Waals surface area contributed by atoms with Crippen LogP contribution in [0.3, 0.4) is 0 Å². The van der Waals surface area contributed by atoms with Crippen molar-refractivity contribution >= 4 is 15.8 Å².